The van der Waals surface area contributed by atoms with E-state index in [2.05, 4.69) is 15.6 Å². The van der Waals surface area contributed by atoms with E-state index < -0.39 is 0 Å². The summed E-state index contributed by atoms with van der Waals surface area (Å²) in [4.78, 5) is 16.3. The van der Waals surface area contributed by atoms with Crippen molar-refractivity contribution < 1.29 is 9.18 Å². The molecule has 0 aliphatic heterocycles. The standard InChI is InChI=1S/C19H14Cl2FN3O/c20-15-2-1-3-16(18(15)21)25-14-8-9-17(23-11-14)19(26)24-10-12-4-6-13(22)7-5-12/h1-9,11,25H,10H2,(H,24,26). The number of anilines is 2. The van der Waals surface area contributed by atoms with Gasteiger partial charge >= 0.3 is 0 Å². The zero-order chi connectivity index (χ0) is 18.5. The van der Waals surface area contributed by atoms with Crippen LogP contribution in [0.1, 0.15) is 16.1 Å². The Labute approximate surface area is 160 Å². The summed E-state index contributed by atoms with van der Waals surface area (Å²) >= 11 is 12.1. The molecule has 0 spiro atoms. The maximum atomic E-state index is 12.9. The lowest BCUT2D eigenvalue weighted by Gasteiger charge is -2.10. The van der Waals surface area contributed by atoms with Gasteiger partial charge in [-0.2, -0.15) is 0 Å². The third-order valence-electron chi connectivity index (χ3n) is 3.59. The molecular weight excluding hydrogens is 376 g/mol. The Morgan fingerprint density at radius 2 is 1.81 bits per heavy atom. The molecule has 0 bridgehead atoms. The van der Waals surface area contributed by atoms with Gasteiger partial charge in [-0.25, -0.2) is 9.37 Å². The first-order valence-corrected chi connectivity index (χ1v) is 8.48. The minimum atomic E-state index is -0.318. The van der Waals surface area contributed by atoms with Gasteiger partial charge in [0.2, 0.25) is 0 Å². The molecule has 4 nitrogen and oxygen atoms in total. The quantitative estimate of drug-likeness (QED) is 0.630. The van der Waals surface area contributed by atoms with Crippen LogP contribution in [-0.4, -0.2) is 10.9 Å². The summed E-state index contributed by atoms with van der Waals surface area (Å²) in [6, 6.07) is 14.5. The van der Waals surface area contributed by atoms with Crippen LogP contribution in [0.3, 0.4) is 0 Å². The van der Waals surface area contributed by atoms with Gasteiger partial charge in [0.25, 0.3) is 5.91 Å². The number of hydrogen-bond acceptors (Lipinski definition) is 3. The fourth-order valence-corrected chi connectivity index (χ4v) is 2.58. The van der Waals surface area contributed by atoms with E-state index >= 15 is 0 Å². The molecule has 0 aliphatic rings. The molecule has 3 aromatic rings. The second kappa shape index (κ2) is 8.17. The zero-order valence-corrected chi connectivity index (χ0v) is 15.0. The van der Waals surface area contributed by atoms with Crippen molar-refractivity contribution >= 4 is 40.5 Å². The molecule has 0 unspecified atom stereocenters. The van der Waals surface area contributed by atoms with E-state index in [0.717, 1.165) is 5.56 Å². The van der Waals surface area contributed by atoms with Crippen LogP contribution in [0.5, 0.6) is 0 Å². The van der Waals surface area contributed by atoms with Gasteiger partial charge in [-0.1, -0.05) is 41.4 Å². The Morgan fingerprint density at radius 1 is 1.04 bits per heavy atom. The van der Waals surface area contributed by atoms with E-state index in [1.54, 1.807) is 42.5 Å². The summed E-state index contributed by atoms with van der Waals surface area (Å²) in [7, 11) is 0. The van der Waals surface area contributed by atoms with E-state index in [1.807, 2.05) is 0 Å². The van der Waals surface area contributed by atoms with Crippen molar-refractivity contribution in [1.82, 2.24) is 10.3 Å². The number of nitrogens with one attached hydrogen (secondary N) is 2. The van der Waals surface area contributed by atoms with Crippen LogP contribution in [0.15, 0.2) is 60.8 Å². The summed E-state index contributed by atoms with van der Waals surface area (Å²) < 4.78 is 12.9. The van der Waals surface area contributed by atoms with Crippen LogP contribution in [0.2, 0.25) is 10.0 Å². The van der Waals surface area contributed by atoms with Gasteiger partial charge in [0.15, 0.2) is 0 Å². The Bertz CT molecular complexity index is 915. The highest BCUT2D eigenvalue weighted by Crippen LogP contribution is 2.31. The van der Waals surface area contributed by atoms with Gasteiger partial charge in [0.1, 0.15) is 11.5 Å². The van der Waals surface area contributed by atoms with Crippen molar-refractivity contribution in [3.63, 3.8) is 0 Å². The van der Waals surface area contributed by atoms with Crippen molar-refractivity contribution in [1.29, 1.82) is 0 Å². The average molecular weight is 390 g/mol. The Morgan fingerprint density at radius 3 is 2.50 bits per heavy atom. The molecule has 7 heteroatoms. The van der Waals surface area contributed by atoms with Crippen molar-refractivity contribution in [3.8, 4) is 0 Å². The summed E-state index contributed by atoms with van der Waals surface area (Å²) in [6.07, 6.45) is 1.53. The molecule has 1 aromatic heterocycles. The predicted octanol–water partition coefficient (Wildman–Crippen LogP) is 5.20. The highest BCUT2D eigenvalue weighted by Gasteiger charge is 2.08. The molecule has 132 valence electrons. The topological polar surface area (TPSA) is 54.0 Å². The van der Waals surface area contributed by atoms with Crippen molar-refractivity contribution in [3.05, 3.63) is 87.9 Å². The van der Waals surface area contributed by atoms with Crippen LogP contribution in [0.4, 0.5) is 15.8 Å². The Kier molecular flexibility index (Phi) is 5.71. The van der Waals surface area contributed by atoms with Gasteiger partial charge in [0, 0.05) is 6.54 Å². The van der Waals surface area contributed by atoms with Gasteiger partial charge in [-0.05, 0) is 42.0 Å². The highest BCUT2D eigenvalue weighted by atomic mass is 35.5. The molecule has 1 amide bonds. The fourth-order valence-electron chi connectivity index (χ4n) is 2.23. The molecule has 0 radical (unpaired) electrons. The van der Waals surface area contributed by atoms with Crippen LogP contribution in [-0.2, 0) is 6.54 Å². The molecule has 0 atom stereocenters. The predicted molar refractivity (Wildman–Crippen MR) is 102 cm³/mol. The van der Waals surface area contributed by atoms with Crippen LogP contribution < -0.4 is 10.6 Å². The average Bonchev–Trinajstić information content (AvgIpc) is 2.65. The molecule has 1 heterocycles. The summed E-state index contributed by atoms with van der Waals surface area (Å²) in [5, 5.41) is 6.69. The number of hydrogen-bond donors (Lipinski definition) is 2. The van der Waals surface area contributed by atoms with Crippen LogP contribution in [0, 0.1) is 5.82 Å². The smallest absolute Gasteiger partial charge is 0.270 e. The fraction of sp³-hybridized carbons (Fsp3) is 0.0526. The number of benzene rings is 2. The number of aromatic nitrogens is 1. The normalized spacial score (nSPS) is 10.4. The molecular formula is C19H14Cl2FN3O. The minimum absolute atomic E-state index is 0.273. The molecule has 0 fully saturated rings. The van der Waals surface area contributed by atoms with Crippen LogP contribution >= 0.6 is 23.2 Å². The van der Waals surface area contributed by atoms with Gasteiger partial charge in [-0.15, -0.1) is 0 Å². The van der Waals surface area contributed by atoms with Crippen molar-refractivity contribution in [2.45, 2.75) is 6.54 Å². The third kappa shape index (κ3) is 4.50. The number of carbonyl (C=O) groups is 1. The zero-order valence-electron chi connectivity index (χ0n) is 13.5. The lowest BCUT2D eigenvalue weighted by Crippen LogP contribution is -2.23. The molecule has 3 rings (SSSR count). The first-order valence-electron chi connectivity index (χ1n) is 7.72. The number of amides is 1. The van der Waals surface area contributed by atoms with E-state index in [1.165, 1.54) is 18.3 Å². The summed E-state index contributed by atoms with van der Waals surface area (Å²) in [6.45, 7) is 0.291. The first-order chi connectivity index (χ1) is 12.5. The number of pyridine rings is 1. The summed E-state index contributed by atoms with van der Waals surface area (Å²) in [5.74, 6) is -0.633. The maximum Gasteiger partial charge on any atom is 0.270 e. The second-order valence-electron chi connectivity index (χ2n) is 5.47. The maximum absolute atomic E-state index is 12.9. The molecule has 2 N–H and O–H groups in total. The number of rotatable bonds is 5. The lowest BCUT2D eigenvalue weighted by molar-refractivity contribution is 0.0946. The molecule has 26 heavy (non-hydrogen) atoms. The highest BCUT2D eigenvalue weighted by molar-refractivity contribution is 6.43. The van der Waals surface area contributed by atoms with Gasteiger partial charge < -0.3 is 10.6 Å². The Balaban J connectivity index is 1.62. The van der Waals surface area contributed by atoms with E-state index in [-0.39, 0.29) is 17.4 Å². The van der Waals surface area contributed by atoms with Crippen molar-refractivity contribution in [2.75, 3.05) is 5.32 Å². The van der Waals surface area contributed by atoms with E-state index in [0.29, 0.717) is 28.0 Å². The minimum Gasteiger partial charge on any atom is -0.353 e. The monoisotopic (exact) mass is 389 g/mol. The number of carbonyl (C=O) groups excluding carboxylic acids is 1. The SMILES string of the molecule is O=C(NCc1ccc(F)cc1)c1ccc(Nc2cccc(Cl)c2Cl)cn1. The van der Waals surface area contributed by atoms with E-state index in [4.69, 9.17) is 23.2 Å². The Hall–Kier alpha value is -2.63. The molecule has 0 aliphatic carbocycles. The number of halogens is 3. The van der Waals surface area contributed by atoms with Gasteiger partial charge in [-0.3, -0.25) is 4.79 Å². The van der Waals surface area contributed by atoms with Crippen LogP contribution in [0.25, 0.3) is 0 Å². The van der Waals surface area contributed by atoms with E-state index in [9.17, 15) is 9.18 Å². The molecule has 0 saturated carbocycles. The second-order valence-corrected chi connectivity index (χ2v) is 6.25. The van der Waals surface area contributed by atoms with Gasteiger partial charge in [0.05, 0.1) is 27.6 Å². The first kappa shape index (κ1) is 18.2. The van der Waals surface area contributed by atoms with Crippen molar-refractivity contribution in [2.24, 2.45) is 0 Å². The third-order valence-corrected chi connectivity index (χ3v) is 4.41. The number of nitrogens with zero attached hydrogens (tertiary/aromatic N) is 1. The summed E-state index contributed by atoms with van der Waals surface area (Å²) in [5.41, 5.74) is 2.39. The molecule has 2 aromatic carbocycles. The molecule has 0 saturated heterocycles. The lowest BCUT2D eigenvalue weighted by atomic mass is 10.2. The largest absolute Gasteiger partial charge is 0.353 e.